The van der Waals surface area contributed by atoms with Gasteiger partial charge in [-0.05, 0) is 102 Å². The van der Waals surface area contributed by atoms with Gasteiger partial charge in [-0.25, -0.2) is 9.67 Å². The highest BCUT2D eigenvalue weighted by Crippen LogP contribution is 2.45. The number of aldehydes is 1. The fraction of sp³-hybridized carbons (Fsp3) is 0.515. The zero-order valence-corrected chi connectivity index (χ0v) is 26.1. The van der Waals surface area contributed by atoms with E-state index in [2.05, 4.69) is 62.1 Å². The first kappa shape index (κ1) is 29.2. The van der Waals surface area contributed by atoms with E-state index in [1.54, 1.807) is 23.0 Å². The Labute approximate surface area is 254 Å². The van der Waals surface area contributed by atoms with Gasteiger partial charge in [0.2, 0.25) is 11.8 Å². The summed E-state index contributed by atoms with van der Waals surface area (Å²) < 4.78 is 10.5. The van der Waals surface area contributed by atoms with Gasteiger partial charge in [-0.2, -0.15) is 5.10 Å². The molecule has 2 fully saturated rings. The molecule has 1 aromatic carbocycles. The summed E-state index contributed by atoms with van der Waals surface area (Å²) in [4.78, 5) is 26.0. The number of ether oxygens (including phenoxy) is 1. The van der Waals surface area contributed by atoms with Crippen molar-refractivity contribution in [1.82, 2.24) is 29.2 Å². The number of hydrogen-bond donors (Lipinski definition) is 1. The van der Waals surface area contributed by atoms with Crippen molar-refractivity contribution < 1.29 is 9.53 Å². The first-order valence-corrected chi connectivity index (χ1v) is 15.6. The molecule has 0 amide bonds. The molecule has 1 unspecified atom stereocenters. The fourth-order valence-electron chi connectivity index (χ4n) is 6.60. The minimum absolute atomic E-state index is 0.355. The maximum Gasteiger partial charge on any atom is 0.221 e. The number of hydrogen-bond acceptors (Lipinski definition) is 8. The first-order chi connectivity index (χ1) is 20.9. The van der Waals surface area contributed by atoms with Crippen molar-refractivity contribution in [3.63, 3.8) is 0 Å². The second-order valence-electron chi connectivity index (χ2n) is 12.3. The number of nitrogens with zero attached hydrogens (tertiary/aromatic N) is 7. The number of anilines is 2. The van der Waals surface area contributed by atoms with Crippen molar-refractivity contribution in [2.24, 2.45) is 13.0 Å². The SMILES string of the molecule is CNc1nc2cc(N(C)C3CCN(C)CC3)ccc2n1C(CCCOc1c(-c2cc(C=O)cc(C)n2)cnn1C)C1CC1. The summed E-state index contributed by atoms with van der Waals surface area (Å²) in [6.45, 7) is 4.75. The maximum absolute atomic E-state index is 11.4. The molecule has 1 N–H and O–H groups in total. The van der Waals surface area contributed by atoms with Crippen molar-refractivity contribution in [3.8, 4) is 17.1 Å². The molecule has 10 heteroatoms. The third kappa shape index (κ3) is 6.11. The Hall–Kier alpha value is -3.92. The lowest BCUT2D eigenvalue weighted by Crippen LogP contribution is -2.41. The number of aryl methyl sites for hydroxylation is 2. The molecule has 4 heterocycles. The van der Waals surface area contributed by atoms with Gasteiger partial charge in [-0.3, -0.25) is 9.78 Å². The van der Waals surface area contributed by atoms with E-state index in [-0.39, 0.29) is 0 Å². The highest BCUT2D eigenvalue weighted by Gasteiger charge is 2.34. The summed E-state index contributed by atoms with van der Waals surface area (Å²) in [5.41, 5.74) is 6.35. The standard InChI is InChI=1S/C33H44N8O2/c1-22-17-23(21-42)18-28(36-22)27-20-35-40(5)32(27)43-16-6-7-30(24-8-9-24)41-31-11-10-26(19-29(31)37-33(41)34-2)39(4)25-12-14-38(3)15-13-25/h10-11,17-21,24-25,30H,6-9,12-16H2,1-5H3,(H,34,37). The molecule has 0 spiro atoms. The topological polar surface area (TPSA) is 93.3 Å². The van der Waals surface area contributed by atoms with Crippen LogP contribution in [0, 0.1) is 12.8 Å². The van der Waals surface area contributed by atoms with Crippen LogP contribution >= 0.6 is 0 Å². The van der Waals surface area contributed by atoms with Crippen LogP contribution in [0.3, 0.4) is 0 Å². The van der Waals surface area contributed by atoms with Gasteiger partial charge in [0.05, 0.1) is 35.1 Å². The fourth-order valence-corrected chi connectivity index (χ4v) is 6.60. The molecule has 1 atom stereocenters. The third-order valence-electron chi connectivity index (χ3n) is 9.19. The van der Waals surface area contributed by atoms with E-state index in [0.29, 0.717) is 41.7 Å². The predicted molar refractivity (Wildman–Crippen MR) is 171 cm³/mol. The number of fused-ring (bicyclic) bond motifs is 1. The molecule has 2 aliphatic rings. The van der Waals surface area contributed by atoms with Crippen molar-refractivity contribution in [3.05, 3.63) is 47.8 Å². The lowest BCUT2D eigenvalue weighted by atomic mass is 10.0. The first-order valence-electron chi connectivity index (χ1n) is 15.6. The molecule has 6 rings (SSSR count). The van der Waals surface area contributed by atoms with Crippen LogP contribution in [0.5, 0.6) is 5.88 Å². The van der Waals surface area contributed by atoms with Gasteiger partial charge in [0.25, 0.3) is 0 Å². The summed E-state index contributed by atoms with van der Waals surface area (Å²) >= 11 is 0. The van der Waals surface area contributed by atoms with Crippen LogP contribution in [0.15, 0.2) is 36.5 Å². The van der Waals surface area contributed by atoms with E-state index in [0.717, 1.165) is 54.9 Å². The van der Waals surface area contributed by atoms with E-state index in [9.17, 15) is 4.79 Å². The van der Waals surface area contributed by atoms with Gasteiger partial charge in [-0.15, -0.1) is 0 Å². The summed E-state index contributed by atoms with van der Waals surface area (Å²) in [7, 11) is 8.28. The van der Waals surface area contributed by atoms with E-state index < -0.39 is 0 Å². The van der Waals surface area contributed by atoms with E-state index in [4.69, 9.17) is 9.72 Å². The molecular weight excluding hydrogens is 540 g/mol. The number of benzene rings is 1. The van der Waals surface area contributed by atoms with E-state index in [1.165, 1.54) is 36.9 Å². The maximum atomic E-state index is 11.4. The Morgan fingerprint density at radius 3 is 2.63 bits per heavy atom. The summed E-state index contributed by atoms with van der Waals surface area (Å²) in [6, 6.07) is 11.3. The molecule has 43 heavy (non-hydrogen) atoms. The van der Waals surface area contributed by atoms with Gasteiger partial charge in [0, 0.05) is 50.2 Å². The van der Waals surface area contributed by atoms with E-state index >= 15 is 0 Å². The molecule has 3 aromatic heterocycles. The van der Waals surface area contributed by atoms with Gasteiger partial charge in [-0.1, -0.05) is 0 Å². The number of carbonyl (C=O) groups is 1. The largest absolute Gasteiger partial charge is 0.477 e. The number of piperidine rings is 1. The van der Waals surface area contributed by atoms with Crippen molar-refractivity contribution in [1.29, 1.82) is 0 Å². The normalized spacial score (nSPS) is 16.9. The number of carbonyl (C=O) groups excluding carboxylic acids is 1. The molecular formula is C33H44N8O2. The predicted octanol–water partition coefficient (Wildman–Crippen LogP) is 5.34. The quantitative estimate of drug-likeness (QED) is 0.176. The average Bonchev–Trinajstić information content (AvgIpc) is 3.70. The zero-order chi connectivity index (χ0) is 30.1. The highest BCUT2D eigenvalue weighted by molar-refractivity contribution is 5.83. The van der Waals surface area contributed by atoms with Crippen molar-refractivity contribution >= 4 is 29.0 Å². The van der Waals surface area contributed by atoms with Gasteiger partial charge in [0.15, 0.2) is 0 Å². The number of likely N-dealkylation sites (tertiary alicyclic amines) is 1. The third-order valence-corrected chi connectivity index (χ3v) is 9.19. The van der Waals surface area contributed by atoms with Crippen LogP contribution in [0.4, 0.5) is 11.6 Å². The highest BCUT2D eigenvalue weighted by atomic mass is 16.5. The molecule has 228 valence electrons. The number of imidazole rings is 1. The smallest absolute Gasteiger partial charge is 0.221 e. The lowest BCUT2D eigenvalue weighted by Gasteiger charge is -2.36. The summed E-state index contributed by atoms with van der Waals surface area (Å²) in [6.07, 6.45) is 9.36. The Kier molecular flexibility index (Phi) is 8.38. The Bertz CT molecular complexity index is 1580. The van der Waals surface area contributed by atoms with Gasteiger partial charge >= 0.3 is 0 Å². The van der Waals surface area contributed by atoms with Crippen LogP contribution in [-0.4, -0.2) is 82.4 Å². The van der Waals surface area contributed by atoms with Crippen molar-refractivity contribution in [2.45, 2.75) is 57.5 Å². The zero-order valence-electron chi connectivity index (χ0n) is 26.1. The molecule has 4 aromatic rings. The number of rotatable bonds is 12. The number of pyridine rings is 1. The summed E-state index contributed by atoms with van der Waals surface area (Å²) in [5.74, 6) is 2.25. The minimum atomic E-state index is 0.355. The average molecular weight is 585 g/mol. The number of aromatic nitrogens is 5. The Morgan fingerprint density at radius 1 is 1.12 bits per heavy atom. The molecule has 1 aliphatic carbocycles. The monoisotopic (exact) mass is 584 g/mol. The van der Waals surface area contributed by atoms with Crippen LogP contribution < -0.4 is 15.0 Å². The second kappa shape index (κ2) is 12.4. The Morgan fingerprint density at radius 2 is 1.91 bits per heavy atom. The van der Waals surface area contributed by atoms with E-state index in [1.807, 2.05) is 21.0 Å². The molecule has 0 bridgehead atoms. The Balaban J connectivity index is 1.17. The van der Waals surface area contributed by atoms with Crippen molar-refractivity contribution in [2.75, 3.05) is 51.1 Å². The van der Waals surface area contributed by atoms with Crippen LogP contribution in [-0.2, 0) is 7.05 Å². The lowest BCUT2D eigenvalue weighted by molar-refractivity contribution is 0.112. The molecule has 10 nitrogen and oxygen atoms in total. The van der Waals surface area contributed by atoms with Gasteiger partial charge < -0.3 is 24.4 Å². The second-order valence-corrected chi connectivity index (χ2v) is 12.3. The van der Waals surface area contributed by atoms with Crippen LogP contribution in [0.2, 0.25) is 0 Å². The molecule has 1 aliphatic heterocycles. The minimum Gasteiger partial charge on any atom is -0.477 e. The molecule has 1 saturated heterocycles. The van der Waals surface area contributed by atoms with Gasteiger partial charge in [0.1, 0.15) is 6.29 Å². The summed E-state index contributed by atoms with van der Waals surface area (Å²) in [5, 5.41) is 7.80. The molecule has 1 saturated carbocycles. The van der Waals surface area contributed by atoms with Crippen LogP contribution in [0.25, 0.3) is 22.3 Å². The number of nitrogens with one attached hydrogen (secondary N) is 1. The molecule has 0 radical (unpaired) electrons. The van der Waals surface area contributed by atoms with Crippen LogP contribution in [0.1, 0.15) is 60.6 Å².